The van der Waals surface area contributed by atoms with Crippen LogP contribution in [-0.2, 0) is 0 Å². The zero-order valence-electron chi connectivity index (χ0n) is 9.60. The Kier molecular flexibility index (Phi) is 6.20. The molecule has 0 aliphatic heterocycles. The first-order valence-corrected chi connectivity index (χ1v) is 6.28. The van der Waals surface area contributed by atoms with Gasteiger partial charge in [0.2, 0.25) is 0 Å². The van der Waals surface area contributed by atoms with E-state index in [0.717, 1.165) is 6.04 Å². The predicted molar refractivity (Wildman–Crippen MR) is 62.4 cm³/mol. The van der Waals surface area contributed by atoms with E-state index in [1.54, 1.807) is 0 Å². The summed E-state index contributed by atoms with van der Waals surface area (Å²) in [6, 6.07) is 1.20. The van der Waals surface area contributed by atoms with Crippen molar-refractivity contribution in [3.63, 3.8) is 0 Å². The first-order valence-electron chi connectivity index (χ1n) is 6.28. The van der Waals surface area contributed by atoms with Crippen LogP contribution in [0.1, 0.15) is 58.3 Å². The zero-order valence-corrected chi connectivity index (χ0v) is 9.60. The second kappa shape index (κ2) is 7.24. The molecule has 0 bridgehead atoms. The largest absolute Gasteiger partial charge is 0.328 e. The van der Waals surface area contributed by atoms with Crippen molar-refractivity contribution >= 4 is 0 Å². The van der Waals surface area contributed by atoms with Crippen LogP contribution in [0.3, 0.4) is 0 Å². The van der Waals surface area contributed by atoms with Gasteiger partial charge in [-0.2, -0.15) is 0 Å². The topological polar surface area (TPSA) is 38.0 Å². The molecule has 0 aromatic rings. The summed E-state index contributed by atoms with van der Waals surface area (Å²) in [7, 11) is 0. The van der Waals surface area contributed by atoms with Crippen molar-refractivity contribution in [2.75, 3.05) is 6.54 Å². The normalized spacial score (nSPS) is 21.0. The molecule has 0 amide bonds. The highest BCUT2D eigenvalue weighted by atomic mass is 14.9. The van der Waals surface area contributed by atoms with Crippen LogP contribution in [0, 0.1) is 0 Å². The van der Waals surface area contributed by atoms with Crippen molar-refractivity contribution in [3.8, 4) is 0 Å². The van der Waals surface area contributed by atoms with Crippen molar-refractivity contribution in [1.82, 2.24) is 5.32 Å². The molecule has 1 rings (SSSR count). The number of nitrogens with two attached hydrogens (primary N) is 1. The van der Waals surface area contributed by atoms with Crippen molar-refractivity contribution < 1.29 is 0 Å². The van der Waals surface area contributed by atoms with Gasteiger partial charge in [0.25, 0.3) is 0 Å². The molecule has 84 valence electrons. The van der Waals surface area contributed by atoms with E-state index in [9.17, 15) is 0 Å². The van der Waals surface area contributed by atoms with Gasteiger partial charge in [0.15, 0.2) is 0 Å². The molecular formula is C12H26N2. The predicted octanol–water partition coefficient (Wildman–Crippen LogP) is 2.43. The Bertz CT molecular complexity index is 128. The molecular weight excluding hydrogens is 172 g/mol. The van der Waals surface area contributed by atoms with E-state index in [0.29, 0.717) is 6.04 Å². The molecule has 0 radical (unpaired) electrons. The van der Waals surface area contributed by atoms with Gasteiger partial charge in [0, 0.05) is 12.1 Å². The lowest BCUT2D eigenvalue weighted by Crippen LogP contribution is -2.31. The Morgan fingerprint density at radius 2 is 1.93 bits per heavy atom. The summed E-state index contributed by atoms with van der Waals surface area (Å²) in [5.74, 6) is 0. The molecule has 2 nitrogen and oxygen atoms in total. The summed E-state index contributed by atoms with van der Waals surface area (Å²) in [6.45, 7) is 3.28. The maximum atomic E-state index is 5.70. The first-order chi connectivity index (χ1) is 6.79. The van der Waals surface area contributed by atoms with Crippen LogP contribution in [0.15, 0.2) is 0 Å². The van der Waals surface area contributed by atoms with Gasteiger partial charge in [-0.15, -0.1) is 0 Å². The lowest BCUT2D eigenvalue weighted by molar-refractivity contribution is 0.369. The third-order valence-corrected chi connectivity index (χ3v) is 3.12. The molecule has 1 aliphatic rings. The standard InChI is InChI=1S/C12H26N2/c1-11(13)7-5-6-10-14-12-8-3-2-4-9-12/h11-12,14H,2-10,13H2,1H3. The minimum Gasteiger partial charge on any atom is -0.328 e. The maximum Gasteiger partial charge on any atom is 0.00670 e. The minimum absolute atomic E-state index is 0.379. The molecule has 0 heterocycles. The Balaban J connectivity index is 1.87. The molecule has 1 saturated carbocycles. The lowest BCUT2D eigenvalue weighted by Gasteiger charge is -2.22. The molecule has 0 aromatic carbocycles. The van der Waals surface area contributed by atoms with Crippen molar-refractivity contribution in [3.05, 3.63) is 0 Å². The highest BCUT2D eigenvalue weighted by Crippen LogP contribution is 2.17. The summed E-state index contributed by atoms with van der Waals surface area (Å²) in [5, 5.41) is 3.65. The Morgan fingerprint density at radius 1 is 1.21 bits per heavy atom. The van der Waals surface area contributed by atoms with Gasteiger partial charge in [-0.1, -0.05) is 25.7 Å². The van der Waals surface area contributed by atoms with E-state index in [-0.39, 0.29) is 0 Å². The van der Waals surface area contributed by atoms with Gasteiger partial charge in [-0.3, -0.25) is 0 Å². The number of nitrogens with one attached hydrogen (secondary N) is 1. The third kappa shape index (κ3) is 5.61. The average Bonchev–Trinajstić information content (AvgIpc) is 2.18. The number of hydrogen-bond acceptors (Lipinski definition) is 2. The summed E-state index contributed by atoms with van der Waals surface area (Å²) >= 11 is 0. The van der Waals surface area contributed by atoms with Crippen LogP contribution in [-0.4, -0.2) is 18.6 Å². The summed E-state index contributed by atoms with van der Waals surface area (Å²) in [4.78, 5) is 0. The molecule has 3 N–H and O–H groups in total. The fourth-order valence-corrected chi connectivity index (χ4v) is 2.20. The number of hydrogen-bond donors (Lipinski definition) is 2. The fourth-order valence-electron chi connectivity index (χ4n) is 2.20. The van der Waals surface area contributed by atoms with E-state index >= 15 is 0 Å². The minimum atomic E-state index is 0.379. The van der Waals surface area contributed by atoms with Gasteiger partial charge in [-0.05, 0) is 39.2 Å². The van der Waals surface area contributed by atoms with Crippen LogP contribution in [0.2, 0.25) is 0 Å². The van der Waals surface area contributed by atoms with Gasteiger partial charge >= 0.3 is 0 Å². The quantitative estimate of drug-likeness (QED) is 0.643. The van der Waals surface area contributed by atoms with Crippen LogP contribution < -0.4 is 11.1 Å². The molecule has 1 unspecified atom stereocenters. The van der Waals surface area contributed by atoms with Gasteiger partial charge in [0.05, 0.1) is 0 Å². The van der Waals surface area contributed by atoms with Crippen molar-refractivity contribution in [1.29, 1.82) is 0 Å². The van der Waals surface area contributed by atoms with Gasteiger partial charge < -0.3 is 11.1 Å². The molecule has 1 atom stereocenters. The van der Waals surface area contributed by atoms with Crippen LogP contribution >= 0.6 is 0 Å². The average molecular weight is 198 g/mol. The molecule has 0 aromatic heterocycles. The SMILES string of the molecule is CC(N)CCCCNC1CCCCC1. The van der Waals surface area contributed by atoms with Gasteiger partial charge in [0.1, 0.15) is 0 Å². The molecule has 1 aliphatic carbocycles. The van der Waals surface area contributed by atoms with Gasteiger partial charge in [-0.25, -0.2) is 0 Å². The van der Waals surface area contributed by atoms with Crippen LogP contribution in [0.4, 0.5) is 0 Å². The Hall–Kier alpha value is -0.0800. The summed E-state index contributed by atoms with van der Waals surface area (Å²) in [5.41, 5.74) is 5.70. The smallest absolute Gasteiger partial charge is 0.00670 e. The fraction of sp³-hybridized carbons (Fsp3) is 1.00. The second-order valence-corrected chi connectivity index (χ2v) is 4.76. The Labute approximate surface area is 88.6 Å². The van der Waals surface area contributed by atoms with E-state index in [2.05, 4.69) is 12.2 Å². The highest BCUT2D eigenvalue weighted by molar-refractivity contribution is 4.71. The van der Waals surface area contributed by atoms with E-state index < -0.39 is 0 Å². The van der Waals surface area contributed by atoms with E-state index in [1.165, 1.54) is 57.9 Å². The third-order valence-electron chi connectivity index (χ3n) is 3.12. The second-order valence-electron chi connectivity index (χ2n) is 4.76. The zero-order chi connectivity index (χ0) is 10.2. The van der Waals surface area contributed by atoms with Crippen molar-refractivity contribution in [2.24, 2.45) is 5.73 Å². The van der Waals surface area contributed by atoms with Crippen molar-refractivity contribution in [2.45, 2.75) is 70.4 Å². The molecule has 0 saturated heterocycles. The van der Waals surface area contributed by atoms with E-state index in [1.807, 2.05) is 0 Å². The summed E-state index contributed by atoms with van der Waals surface area (Å²) in [6.07, 6.45) is 10.8. The lowest BCUT2D eigenvalue weighted by atomic mass is 9.95. The van der Waals surface area contributed by atoms with Crippen LogP contribution in [0.5, 0.6) is 0 Å². The monoisotopic (exact) mass is 198 g/mol. The number of rotatable bonds is 6. The van der Waals surface area contributed by atoms with Crippen LogP contribution in [0.25, 0.3) is 0 Å². The first kappa shape index (κ1) is 12.0. The molecule has 1 fully saturated rings. The Morgan fingerprint density at radius 3 is 2.57 bits per heavy atom. The summed E-state index contributed by atoms with van der Waals surface area (Å²) < 4.78 is 0. The molecule has 0 spiro atoms. The maximum absolute atomic E-state index is 5.70. The molecule has 14 heavy (non-hydrogen) atoms. The molecule has 2 heteroatoms. The number of unbranched alkanes of at least 4 members (excludes halogenated alkanes) is 1. The highest BCUT2D eigenvalue weighted by Gasteiger charge is 2.11. The van der Waals surface area contributed by atoms with E-state index in [4.69, 9.17) is 5.73 Å².